The van der Waals surface area contributed by atoms with Gasteiger partial charge in [-0.1, -0.05) is 33.6 Å². The van der Waals surface area contributed by atoms with Crippen molar-refractivity contribution in [3.63, 3.8) is 0 Å². The van der Waals surface area contributed by atoms with E-state index in [9.17, 15) is 0 Å². The van der Waals surface area contributed by atoms with E-state index in [0.29, 0.717) is 12.0 Å². The third kappa shape index (κ3) is 3.92. The van der Waals surface area contributed by atoms with E-state index < -0.39 is 0 Å². The Kier molecular flexibility index (Phi) is 5.35. The third-order valence-corrected chi connectivity index (χ3v) is 3.88. The summed E-state index contributed by atoms with van der Waals surface area (Å²) in [6.45, 7) is 10.5. The van der Waals surface area contributed by atoms with Crippen LogP contribution in [0.15, 0.2) is 12.3 Å². The van der Waals surface area contributed by atoms with E-state index >= 15 is 0 Å². The van der Waals surface area contributed by atoms with Gasteiger partial charge in [-0.25, -0.2) is 9.97 Å². The largest absolute Gasteiger partial charge is 0.371 e. The molecule has 2 heterocycles. The summed E-state index contributed by atoms with van der Waals surface area (Å²) in [6.07, 6.45) is 5.99. The van der Waals surface area contributed by atoms with Crippen molar-refractivity contribution in [2.45, 2.75) is 59.2 Å². The first-order valence-corrected chi connectivity index (χ1v) is 7.80. The van der Waals surface area contributed by atoms with Crippen LogP contribution in [-0.2, 0) is 4.74 Å². The molecule has 2 rings (SSSR count). The normalized spacial score (nSPS) is 23.4. The summed E-state index contributed by atoms with van der Waals surface area (Å²) in [5.74, 6) is 1.37. The Labute approximate surface area is 122 Å². The lowest BCUT2D eigenvalue weighted by Gasteiger charge is -2.40. The zero-order chi connectivity index (χ0) is 14.5. The monoisotopic (exact) mass is 277 g/mol. The summed E-state index contributed by atoms with van der Waals surface area (Å²) >= 11 is 0. The van der Waals surface area contributed by atoms with Gasteiger partial charge in [-0.15, -0.1) is 0 Å². The van der Waals surface area contributed by atoms with Gasteiger partial charge in [-0.2, -0.15) is 0 Å². The molecule has 0 N–H and O–H groups in total. The third-order valence-electron chi connectivity index (χ3n) is 3.88. The van der Waals surface area contributed by atoms with Crippen molar-refractivity contribution in [1.29, 1.82) is 0 Å². The minimum Gasteiger partial charge on any atom is -0.371 e. The molecule has 4 nitrogen and oxygen atoms in total. The van der Waals surface area contributed by atoms with Crippen LogP contribution in [0.25, 0.3) is 0 Å². The highest BCUT2D eigenvalue weighted by molar-refractivity contribution is 5.31. The molecular weight excluding hydrogens is 250 g/mol. The SMILES string of the molecule is CCCC[C@@H]1CN(c2nccc(C)n2)C[C@H](C(C)C)O1. The second-order valence-electron chi connectivity index (χ2n) is 6.09. The molecular formula is C16H27N3O. The fraction of sp³-hybridized carbons (Fsp3) is 0.750. The molecule has 0 bridgehead atoms. The summed E-state index contributed by atoms with van der Waals surface area (Å²) in [5.41, 5.74) is 1.02. The maximum atomic E-state index is 6.23. The first-order valence-electron chi connectivity index (χ1n) is 7.80. The molecule has 20 heavy (non-hydrogen) atoms. The van der Waals surface area contributed by atoms with E-state index in [1.807, 2.05) is 19.2 Å². The fourth-order valence-corrected chi connectivity index (χ4v) is 2.58. The maximum absolute atomic E-state index is 6.23. The highest BCUT2D eigenvalue weighted by Gasteiger charge is 2.30. The second-order valence-corrected chi connectivity index (χ2v) is 6.09. The number of aryl methyl sites for hydroxylation is 1. The van der Waals surface area contributed by atoms with Crippen LogP contribution in [-0.4, -0.2) is 35.3 Å². The maximum Gasteiger partial charge on any atom is 0.225 e. The van der Waals surface area contributed by atoms with Crippen molar-refractivity contribution in [3.05, 3.63) is 18.0 Å². The average molecular weight is 277 g/mol. The summed E-state index contributed by atoms with van der Waals surface area (Å²) < 4.78 is 6.23. The number of nitrogens with zero attached hydrogens (tertiary/aromatic N) is 3. The molecule has 112 valence electrons. The Morgan fingerprint density at radius 1 is 1.40 bits per heavy atom. The van der Waals surface area contributed by atoms with Crippen molar-refractivity contribution in [2.24, 2.45) is 5.92 Å². The number of hydrogen-bond acceptors (Lipinski definition) is 4. The van der Waals surface area contributed by atoms with Crippen molar-refractivity contribution < 1.29 is 4.74 Å². The van der Waals surface area contributed by atoms with Crippen LogP contribution in [0.4, 0.5) is 5.95 Å². The quantitative estimate of drug-likeness (QED) is 0.828. The number of aromatic nitrogens is 2. The molecule has 4 heteroatoms. The Balaban J connectivity index is 2.10. The van der Waals surface area contributed by atoms with Crippen molar-refractivity contribution in [1.82, 2.24) is 9.97 Å². The van der Waals surface area contributed by atoms with Crippen LogP contribution < -0.4 is 4.90 Å². The van der Waals surface area contributed by atoms with Gasteiger partial charge in [0.25, 0.3) is 0 Å². The average Bonchev–Trinajstić information content (AvgIpc) is 2.44. The molecule has 0 radical (unpaired) electrons. The van der Waals surface area contributed by atoms with Gasteiger partial charge in [0.15, 0.2) is 0 Å². The smallest absolute Gasteiger partial charge is 0.225 e. The first kappa shape index (κ1) is 15.2. The van der Waals surface area contributed by atoms with Crippen LogP contribution >= 0.6 is 0 Å². The topological polar surface area (TPSA) is 38.2 Å². The molecule has 1 aliphatic rings. The Morgan fingerprint density at radius 3 is 2.85 bits per heavy atom. The Hall–Kier alpha value is -1.16. The van der Waals surface area contributed by atoms with Gasteiger partial charge >= 0.3 is 0 Å². The van der Waals surface area contributed by atoms with Crippen molar-refractivity contribution in [2.75, 3.05) is 18.0 Å². The summed E-state index contributed by atoms with van der Waals surface area (Å²) in [4.78, 5) is 11.3. The van der Waals surface area contributed by atoms with E-state index in [2.05, 4.69) is 35.6 Å². The van der Waals surface area contributed by atoms with E-state index in [1.54, 1.807) is 0 Å². The van der Waals surface area contributed by atoms with Crippen LogP contribution in [0.3, 0.4) is 0 Å². The summed E-state index contributed by atoms with van der Waals surface area (Å²) in [6, 6.07) is 1.94. The van der Waals surface area contributed by atoms with Gasteiger partial charge in [0.05, 0.1) is 12.2 Å². The lowest BCUT2D eigenvalue weighted by atomic mass is 10.0. The van der Waals surface area contributed by atoms with Gasteiger partial charge in [0, 0.05) is 25.0 Å². The molecule has 1 aromatic rings. The van der Waals surface area contributed by atoms with Gasteiger partial charge in [0.2, 0.25) is 5.95 Å². The number of unbranched alkanes of at least 4 members (excludes halogenated alkanes) is 1. The lowest BCUT2D eigenvalue weighted by molar-refractivity contribution is -0.0523. The number of rotatable bonds is 5. The van der Waals surface area contributed by atoms with Crippen LogP contribution in [0, 0.1) is 12.8 Å². The lowest BCUT2D eigenvalue weighted by Crippen LogP contribution is -2.50. The molecule has 0 saturated carbocycles. The fourth-order valence-electron chi connectivity index (χ4n) is 2.58. The minimum atomic E-state index is 0.273. The molecule has 0 spiro atoms. The molecule has 1 aliphatic heterocycles. The number of hydrogen-bond donors (Lipinski definition) is 0. The molecule has 0 aliphatic carbocycles. The van der Waals surface area contributed by atoms with E-state index in [1.165, 1.54) is 12.8 Å². The van der Waals surface area contributed by atoms with Gasteiger partial charge in [-0.05, 0) is 25.3 Å². The predicted molar refractivity (Wildman–Crippen MR) is 82.0 cm³/mol. The van der Waals surface area contributed by atoms with Crippen LogP contribution in [0.5, 0.6) is 0 Å². The van der Waals surface area contributed by atoms with E-state index in [4.69, 9.17) is 4.74 Å². The summed E-state index contributed by atoms with van der Waals surface area (Å²) in [5, 5.41) is 0. The zero-order valence-electron chi connectivity index (χ0n) is 13.2. The van der Waals surface area contributed by atoms with E-state index in [0.717, 1.165) is 31.2 Å². The Bertz CT molecular complexity index is 422. The molecule has 0 aromatic carbocycles. The van der Waals surface area contributed by atoms with Gasteiger partial charge in [-0.3, -0.25) is 0 Å². The van der Waals surface area contributed by atoms with E-state index in [-0.39, 0.29) is 6.10 Å². The molecule has 0 amide bonds. The molecule has 1 fully saturated rings. The molecule has 1 aromatic heterocycles. The number of ether oxygens (including phenoxy) is 1. The van der Waals surface area contributed by atoms with Gasteiger partial charge < -0.3 is 9.64 Å². The van der Waals surface area contributed by atoms with Crippen molar-refractivity contribution in [3.8, 4) is 0 Å². The standard InChI is InChI=1S/C16H27N3O/c1-5-6-7-14-10-19(11-15(20-14)12(2)3)16-17-9-8-13(4)18-16/h8-9,12,14-15H,5-7,10-11H2,1-4H3/t14-,15-/m1/s1. The minimum absolute atomic E-state index is 0.273. The number of anilines is 1. The molecule has 2 atom stereocenters. The molecule has 0 unspecified atom stereocenters. The molecule has 1 saturated heterocycles. The second kappa shape index (κ2) is 7.02. The van der Waals surface area contributed by atoms with Crippen LogP contribution in [0.1, 0.15) is 45.7 Å². The predicted octanol–water partition coefficient (Wildman–Crippen LogP) is 3.21. The first-order chi connectivity index (χ1) is 9.60. The van der Waals surface area contributed by atoms with Gasteiger partial charge in [0.1, 0.15) is 0 Å². The van der Waals surface area contributed by atoms with Crippen molar-refractivity contribution >= 4 is 5.95 Å². The van der Waals surface area contributed by atoms with Crippen LogP contribution in [0.2, 0.25) is 0 Å². The zero-order valence-corrected chi connectivity index (χ0v) is 13.2. The highest BCUT2D eigenvalue weighted by Crippen LogP contribution is 2.23. The summed E-state index contributed by atoms with van der Waals surface area (Å²) in [7, 11) is 0. The highest BCUT2D eigenvalue weighted by atomic mass is 16.5. The number of morpholine rings is 1. The Morgan fingerprint density at radius 2 is 2.20 bits per heavy atom.